The number of pyridine rings is 1. The van der Waals surface area contributed by atoms with Crippen LogP contribution in [0, 0.1) is 0 Å². The first-order valence-electron chi connectivity index (χ1n) is 10.8. The van der Waals surface area contributed by atoms with Crippen molar-refractivity contribution in [3.8, 4) is 0 Å². The van der Waals surface area contributed by atoms with E-state index in [4.69, 9.17) is 0 Å². The van der Waals surface area contributed by atoms with E-state index in [1.807, 2.05) is 36.4 Å². The third-order valence-electron chi connectivity index (χ3n) is 5.71. The summed E-state index contributed by atoms with van der Waals surface area (Å²) in [5, 5.41) is 2.79. The molecule has 2 amide bonds. The number of carbonyl (C=O) groups is 2. The van der Waals surface area contributed by atoms with Crippen LogP contribution in [0.4, 0.5) is 5.69 Å². The lowest BCUT2D eigenvalue weighted by Crippen LogP contribution is -2.37. The highest BCUT2D eigenvalue weighted by Gasteiger charge is 2.22. The number of fused-ring (bicyclic) bond motifs is 1. The number of nitrogens with zero attached hydrogens (tertiary/aromatic N) is 2. The van der Waals surface area contributed by atoms with E-state index in [0.29, 0.717) is 19.5 Å². The van der Waals surface area contributed by atoms with Gasteiger partial charge in [0.15, 0.2) is 0 Å². The summed E-state index contributed by atoms with van der Waals surface area (Å²) >= 11 is 0. The van der Waals surface area contributed by atoms with Crippen LogP contribution in [-0.4, -0.2) is 30.0 Å². The average Bonchev–Trinajstić information content (AvgIpc) is 2.72. The van der Waals surface area contributed by atoms with Gasteiger partial charge in [0.25, 0.3) is 11.5 Å². The minimum absolute atomic E-state index is 0.0777. The Balaban J connectivity index is 1.97. The van der Waals surface area contributed by atoms with E-state index in [1.165, 1.54) is 18.2 Å². The Morgan fingerprint density at radius 2 is 1.77 bits per heavy atom. The van der Waals surface area contributed by atoms with Gasteiger partial charge in [0.1, 0.15) is 5.56 Å². The van der Waals surface area contributed by atoms with Gasteiger partial charge in [-0.2, -0.15) is 0 Å². The topological polar surface area (TPSA) is 71.4 Å². The van der Waals surface area contributed by atoms with Gasteiger partial charge >= 0.3 is 0 Å². The molecule has 6 heteroatoms. The molecule has 1 aromatic carbocycles. The lowest BCUT2D eigenvalue weighted by Gasteiger charge is -2.23. The average molecular weight is 410 g/mol. The number of nitrogens with one attached hydrogen (secondary N) is 1. The lowest BCUT2D eigenvalue weighted by atomic mass is 9.95. The summed E-state index contributed by atoms with van der Waals surface area (Å²) in [6.07, 6.45) is 6.85. The predicted molar refractivity (Wildman–Crippen MR) is 119 cm³/mol. The second-order valence-electron chi connectivity index (χ2n) is 7.94. The summed E-state index contributed by atoms with van der Waals surface area (Å²) in [6.45, 7) is 2.50. The third kappa shape index (κ3) is 5.17. The highest BCUT2D eigenvalue weighted by Crippen LogP contribution is 2.22. The van der Waals surface area contributed by atoms with Crippen LogP contribution in [0.5, 0.6) is 0 Å². The van der Waals surface area contributed by atoms with Gasteiger partial charge < -0.3 is 14.8 Å². The van der Waals surface area contributed by atoms with Crippen LogP contribution >= 0.6 is 0 Å². The largest absolute Gasteiger partial charge is 0.356 e. The molecule has 0 aliphatic heterocycles. The number of benzene rings is 1. The maximum Gasteiger partial charge on any atom is 0.263 e. The Morgan fingerprint density at radius 1 is 1.07 bits per heavy atom. The number of rotatable bonds is 6. The van der Waals surface area contributed by atoms with Crippen LogP contribution < -0.4 is 15.8 Å². The molecular formula is C24H31N3O3. The van der Waals surface area contributed by atoms with Gasteiger partial charge in [-0.15, -0.1) is 0 Å². The Hall–Kier alpha value is -2.89. The third-order valence-corrected chi connectivity index (χ3v) is 5.71. The molecule has 3 rings (SSSR count). The van der Waals surface area contributed by atoms with Crippen molar-refractivity contribution in [3.63, 3.8) is 0 Å². The zero-order chi connectivity index (χ0) is 21.5. The second-order valence-corrected chi connectivity index (χ2v) is 7.94. The van der Waals surface area contributed by atoms with Crippen molar-refractivity contribution in [3.05, 3.63) is 63.6 Å². The molecule has 2 aromatic rings. The Kier molecular flexibility index (Phi) is 7.44. The molecule has 1 aromatic heterocycles. The fourth-order valence-corrected chi connectivity index (χ4v) is 4.07. The van der Waals surface area contributed by atoms with Crippen molar-refractivity contribution >= 4 is 17.5 Å². The lowest BCUT2D eigenvalue weighted by molar-refractivity contribution is -0.118. The maximum absolute atomic E-state index is 13.4. The van der Waals surface area contributed by atoms with Crippen molar-refractivity contribution in [1.29, 1.82) is 0 Å². The van der Waals surface area contributed by atoms with Gasteiger partial charge in [-0.25, -0.2) is 0 Å². The van der Waals surface area contributed by atoms with Crippen LogP contribution in [0.25, 0.3) is 0 Å². The van der Waals surface area contributed by atoms with Crippen molar-refractivity contribution in [1.82, 2.24) is 9.88 Å². The maximum atomic E-state index is 13.4. The second kappa shape index (κ2) is 10.2. The van der Waals surface area contributed by atoms with Crippen molar-refractivity contribution < 1.29 is 9.59 Å². The van der Waals surface area contributed by atoms with Gasteiger partial charge in [-0.05, 0) is 55.9 Å². The smallest absolute Gasteiger partial charge is 0.263 e. The quantitative estimate of drug-likeness (QED) is 0.744. The number of anilines is 1. The molecule has 0 atom stereocenters. The molecule has 30 heavy (non-hydrogen) atoms. The Morgan fingerprint density at radius 3 is 2.47 bits per heavy atom. The van der Waals surface area contributed by atoms with E-state index in [1.54, 1.807) is 11.6 Å². The summed E-state index contributed by atoms with van der Waals surface area (Å²) < 4.78 is 1.79. The monoisotopic (exact) mass is 409 g/mol. The molecule has 0 saturated carbocycles. The van der Waals surface area contributed by atoms with E-state index in [9.17, 15) is 14.4 Å². The van der Waals surface area contributed by atoms with Gasteiger partial charge in [0, 0.05) is 38.4 Å². The molecule has 0 bridgehead atoms. The fourth-order valence-electron chi connectivity index (χ4n) is 4.07. The van der Waals surface area contributed by atoms with Crippen LogP contribution in [-0.2, 0) is 24.2 Å². The van der Waals surface area contributed by atoms with Crippen LogP contribution in [0.3, 0.4) is 0 Å². The highest BCUT2D eigenvalue weighted by molar-refractivity contribution is 6.05. The zero-order valence-electron chi connectivity index (χ0n) is 17.9. The SMILES string of the molecule is CC(=O)NCCCn1c2c(cc(C(=O)N(C)c3ccccc3)c1=O)CCCCCC2. The number of aromatic nitrogens is 1. The predicted octanol–water partition coefficient (Wildman–Crippen LogP) is 3.31. The Bertz CT molecular complexity index is 950. The van der Waals surface area contributed by atoms with Gasteiger partial charge in [-0.3, -0.25) is 14.4 Å². The Labute approximate surface area is 177 Å². The number of amides is 2. The molecule has 1 aliphatic rings. The summed E-state index contributed by atoms with van der Waals surface area (Å²) in [7, 11) is 1.70. The standard InChI is InChI=1S/C24H31N3O3/c1-18(28)25-15-10-16-27-22-14-9-4-3-6-11-19(22)17-21(24(27)30)23(29)26(2)20-12-7-5-8-13-20/h5,7-8,12-13,17H,3-4,6,9-11,14-16H2,1-2H3,(H,25,28). The molecule has 1 N–H and O–H groups in total. The molecule has 160 valence electrons. The van der Waals surface area contributed by atoms with Crippen molar-refractivity contribution in [2.45, 2.75) is 58.4 Å². The highest BCUT2D eigenvalue weighted by atomic mass is 16.2. The molecule has 0 fully saturated rings. The number of hydrogen-bond acceptors (Lipinski definition) is 3. The van der Waals surface area contributed by atoms with E-state index >= 15 is 0 Å². The van der Waals surface area contributed by atoms with Crippen LogP contribution in [0.2, 0.25) is 0 Å². The normalized spacial score (nSPS) is 13.7. The van der Waals surface area contributed by atoms with E-state index in [0.717, 1.165) is 49.0 Å². The molecule has 0 unspecified atom stereocenters. The summed E-state index contributed by atoms with van der Waals surface area (Å²) in [4.78, 5) is 39.3. The van der Waals surface area contributed by atoms with E-state index < -0.39 is 0 Å². The summed E-state index contributed by atoms with van der Waals surface area (Å²) in [5.41, 5.74) is 2.91. The van der Waals surface area contributed by atoms with Crippen molar-refractivity contribution in [2.24, 2.45) is 0 Å². The molecule has 1 aliphatic carbocycles. The summed E-state index contributed by atoms with van der Waals surface area (Å²) in [5.74, 6) is -0.363. The minimum Gasteiger partial charge on any atom is -0.356 e. The fraction of sp³-hybridized carbons (Fsp3) is 0.458. The molecule has 0 spiro atoms. The van der Waals surface area contributed by atoms with Crippen molar-refractivity contribution in [2.75, 3.05) is 18.5 Å². The van der Waals surface area contributed by atoms with Crippen LogP contribution in [0.15, 0.2) is 41.2 Å². The zero-order valence-corrected chi connectivity index (χ0v) is 17.9. The number of aryl methyl sites for hydroxylation is 1. The molecule has 1 heterocycles. The van der Waals surface area contributed by atoms with Gasteiger partial charge in [-0.1, -0.05) is 31.0 Å². The molecule has 0 saturated heterocycles. The van der Waals surface area contributed by atoms with Crippen LogP contribution in [0.1, 0.15) is 60.6 Å². The van der Waals surface area contributed by atoms with Gasteiger partial charge in [0.05, 0.1) is 0 Å². The first kappa shape index (κ1) is 21.8. The first-order chi connectivity index (χ1) is 14.5. The first-order valence-corrected chi connectivity index (χ1v) is 10.8. The number of para-hydroxylation sites is 1. The summed E-state index contributed by atoms with van der Waals surface area (Å²) in [6, 6.07) is 11.2. The van der Waals surface area contributed by atoms with Gasteiger partial charge in [0.2, 0.25) is 5.91 Å². The number of hydrogen-bond donors (Lipinski definition) is 1. The van der Waals surface area contributed by atoms with E-state index in [-0.39, 0.29) is 22.9 Å². The molecule has 6 nitrogen and oxygen atoms in total. The minimum atomic E-state index is -0.285. The molecule has 0 radical (unpaired) electrons. The molecular weight excluding hydrogens is 378 g/mol. The van der Waals surface area contributed by atoms with E-state index in [2.05, 4.69) is 5.32 Å². The number of carbonyl (C=O) groups excluding carboxylic acids is 2.